The van der Waals surface area contributed by atoms with Gasteiger partial charge in [-0.15, -0.1) is 0 Å². The van der Waals surface area contributed by atoms with Gasteiger partial charge >= 0.3 is 132 Å². The van der Waals surface area contributed by atoms with E-state index in [4.69, 9.17) is 0 Å². The van der Waals surface area contributed by atoms with Crippen molar-refractivity contribution in [1.29, 1.82) is 0 Å². The SMILES string of the molecule is CCCCC[C]([Sn]([CH3])([CH3])[CH3])([Sn]([CH3])([CH3])[CH3])[Sn]([CH3])([CH3])[CH3]. The molecule has 0 N–H and O–H groups in total. The van der Waals surface area contributed by atoms with Gasteiger partial charge in [0.05, 0.1) is 0 Å². The summed E-state index contributed by atoms with van der Waals surface area (Å²) in [5, 5.41) is 0. The Hall–Kier alpha value is 2.40. The van der Waals surface area contributed by atoms with Crippen LogP contribution in [-0.2, 0) is 0 Å². The zero-order valence-corrected chi connectivity index (χ0v) is 23.4. The normalized spacial score (nSPS) is 15.0. The quantitative estimate of drug-likeness (QED) is 0.244. The molecule has 0 aromatic rings. The van der Waals surface area contributed by atoms with Gasteiger partial charge in [0.15, 0.2) is 0 Å². The van der Waals surface area contributed by atoms with Gasteiger partial charge in [0.1, 0.15) is 0 Å². The molecule has 0 unspecified atom stereocenters. The molecular weight excluding hydrogens is 536 g/mol. The van der Waals surface area contributed by atoms with Crippen molar-refractivity contribution in [3.05, 3.63) is 0 Å². The van der Waals surface area contributed by atoms with Crippen LogP contribution in [0.5, 0.6) is 0 Å². The Labute approximate surface area is 130 Å². The van der Waals surface area contributed by atoms with Crippen molar-refractivity contribution < 1.29 is 0 Å². The molecule has 3 heteroatoms. The molecule has 0 rings (SSSR count). The summed E-state index contributed by atoms with van der Waals surface area (Å²) in [5.41, 5.74) is 0. The van der Waals surface area contributed by atoms with Gasteiger partial charge in [-0.1, -0.05) is 0 Å². The monoisotopic (exact) mass is 578 g/mol. The maximum atomic E-state index is 2.75. The molecule has 0 aromatic carbocycles. The molecule has 0 aliphatic rings. The van der Waals surface area contributed by atoms with Crippen LogP contribution in [0.2, 0.25) is 43.9 Å². The second-order valence-corrected chi connectivity index (χ2v) is 67.2. The Morgan fingerprint density at radius 2 is 0.944 bits per heavy atom. The number of hydrogen-bond acceptors (Lipinski definition) is 0. The van der Waals surface area contributed by atoms with E-state index in [-0.39, 0.29) is 0 Å². The minimum atomic E-state index is -1.88. The van der Waals surface area contributed by atoms with Crippen molar-refractivity contribution in [2.75, 3.05) is 0 Å². The van der Waals surface area contributed by atoms with E-state index >= 15 is 0 Å². The van der Waals surface area contributed by atoms with Gasteiger partial charge in [-0.25, -0.2) is 0 Å². The maximum absolute atomic E-state index is 2.75. The summed E-state index contributed by atoms with van der Waals surface area (Å²) in [6.45, 7) is 2.35. The Balaban J connectivity index is 5.61. The van der Waals surface area contributed by atoms with Crippen LogP contribution in [0, 0.1) is 0 Å². The van der Waals surface area contributed by atoms with Gasteiger partial charge in [-0.05, 0) is 0 Å². The fourth-order valence-corrected chi connectivity index (χ4v) is 162. The van der Waals surface area contributed by atoms with E-state index in [9.17, 15) is 0 Å². The molecule has 110 valence electrons. The average molecular weight is 575 g/mol. The van der Waals surface area contributed by atoms with Crippen LogP contribution in [0.1, 0.15) is 32.6 Å². The Morgan fingerprint density at radius 1 is 0.611 bits per heavy atom. The van der Waals surface area contributed by atoms with Crippen molar-refractivity contribution >= 4 is 55.1 Å². The van der Waals surface area contributed by atoms with Crippen LogP contribution < -0.4 is 0 Å². The second-order valence-electron chi connectivity index (χ2n) is 9.11. The molecule has 0 aromatic heterocycles. The van der Waals surface area contributed by atoms with E-state index in [1.165, 1.54) is 19.3 Å². The summed E-state index contributed by atoms with van der Waals surface area (Å²) >= 11 is -5.65. The Kier molecular flexibility index (Phi) is 8.05. The van der Waals surface area contributed by atoms with Gasteiger partial charge in [-0.3, -0.25) is 0 Å². The van der Waals surface area contributed by atoms with Crippen LogP contribution in [-0.4, -0.2) is 55.1 Å². The molecule has 0 heterocycles. The van der Waals surface area contributed by atoms with E-state index in [1.54, 1.807) is 6.42 Å². The van der Waals surface area contributed by atoms with Gasteiger partial charge in [-0.2, -0.15) is 0 Å². The zero-order chi connectivity index (χ0) is 14.8. The Bertz CT molecular complexity index is 214. The van der Waals surface area contributed by atoms with E-state index in [1.807, 2.05) is 0 Å². The molecule has 0 amide bonds. The molecule has 0 atom stereocenters. The van der Waals surface area contributed by atoms with E-state index < -0.39 is 55.1 Å². The predicted molar refractivity (Wildman–Crippen MR) is 96.9 cm³/mol. The molecule has 0 spiro atoms. The summed E-state index contributed by atoms with van der Waals surface area (Å²) < 4.78 is 0.993. The van der Waals surface area contributed by atoms with Crippen molar-refractivity contribution in [1.82, 2.24) is 0 Å². The molecule has 0 saturated carbocycles. The van der Waals surface area contributed by atoms with Crippen molar-refractivity contribution in [3.63, 3.8) is 0 Å². The molecule has 0 saturated heterocycles. The third kappa shape index (κ3) is 4.44. The molecule has 0 nitrogen and oxygen atoms in total. The van der Waals surface area contributed by atoms with Crippen molar-refractivity contribution in [2.45, 2.75) is 76.5 Å². The summed E-state index contributed by atoms with van der Waals surface area (Å²) in [6, 6.07) is 0. The molecule has 0 aliphatic carbocycles. The first-order chi connectivity index (χ1) is 7.81. The van der Waals surface area contributed by atoms with Crippen LogP contribution in [0.25, 0.3) is 0 Å². The van der Waals surface area contributed by atoms with E-state index in [0.717, 1.165) is -0.537 Å². The van der Waals surface area contributed by atoms with E-state index in [2.05, 4.69) is 51.4 Å². The minimum absolute atomic E-state index is 0.993. The molecule has 0 radical (unpaired) electrons. The van der Waals surface area contributed by atoms with Crippen LogP contribution in [0.3, 0.4) is 0 Å². The molecular formula is C15H38Sn3. The van der Waals surface area contributed by atoms with Crippen LogP contribution in [0.4, 0.5) is 0 Å². The summed E-state index contributed by atoms with van der Waals surface area (Å²) in [4.78, 5) is 24.8. The third-order valence-electron chi connectivity index (χ3n) is 5.00. The predicted octanol–water partition coefficient (Wildman–Crippen LogP) is 6.40. The first kappa shape index (κ1) is 20.4. The van der Waals surface area contributed by atoms with Gasteiger partial charge in [0.2, 0.25) is 0 Å². The fraction of sp³-hybridized carbons (Fsp3) is 1.00. The molecule has 0 fully saturated rings. The third-order valence-corrected chi connectivity index (χ3v) is 115. The second kappa shape index (κ2) is 7.10. The standard InChI is InChI=1S/C6H11.9CH3.3Sn/c1-3-5-6-4-2;;;;;;;;;;;;/h3-6H2,1H3;9*1H3;;;. The van der Waals surface area contributed by atoms with Gasteiger partial charge < -0.3 is 0 Å². The number of hydrogen-bond donors (Lipinski definition) is 0. The van der Waals surface area contributed by atoms with Crippen LogP contribution in [0.15, 0.2) is 0 Å². The first-order valence-electron chi connectivity index (χ1n) is 7.81. The summed E-state index contributed by atoms with van der Waals surface area (Å²) in [7, 11) is 0. The van der Waals surface area contributed by atoms with E-state index in [0.29, 0.717) is 0 Å². The number of rotatable bonds is 7. The molecule has 0 aliphatic heterocycles. The van der Waals surface area contributed by atoms with Crippen LogP contribution >= 0.6 is 0 Å². The summed E-state index contributed by atoms with van der Waals surface area (Å²) in [6.07, 6.45) is 6.00. The zero-order valence-electron chi connectivity index (χ0n) is 14.8. The molecule has 0 bridgehead atoms. The average Bonchev–Trinajstić information content (AvgIpc) is 2.05. The van der Waals surface area contributed by atoms with Crippen molar-refractivity contribution in [3.8, 4) is 0 Å². The molecule has 18 heavy (non-hydrogen) atoms. The fourth-order valence-electron chi connectivity index (χ4n) is 5.14. The van der Waals surface area contributed by atoms with Gasteiger partial charge in [0, 0.05) is 0 Å². The van der Waals surface area contributed by atoms with Gasteiger partial charge in [0.25, 0.3) is 0 Å². The number of unbranched alkanes of at least 4 members (excludes halogenated alkanes) is 2. The summed E-state index contributed by atoms with van der Waals surface area (Å²) in [5.74, 6) is 0. The first-order valence-corrected chi connectivity index (χ1v) is 37.8. The van der Waals surface area contributed by atoms with Crippen molar-refractivity contribution in [2.24, 2.45) is 0 Å². The Morgan fingerprint density at radius 3 is 1.17 bits per heavy atom. The topological polar surface area (TPSA) is 0 Å².